The summed E-state index contributed by atoms with van der Waals surface area (Å²) in [5.74, 6) is 0.383. The molecule has 3 heterocycles. The molecule has 0 unspecified atom stereocenters. The number of carbonyl (C=O) groups excluding carboxylic acids is 2. The van der Waals surface area contributed by atoms with E-state index in [0.29, 0.717) is 43.2 Å². The van der Waals surface area contributed by atoms with Crippen molar-refractivity contribution in [2.45, 2.75) is 6.54 Å². The topological polar surface area (TPSA) is 96.5 Å². The quantitative estimate of drug-likeness (QED) is 0.532. The lowest BCUT2D eigenvalue weighted by Gasteiger charge is -2.37. The van der Waals surface area contributed by atoms with Crippen molar-refractivity contribution in [3.8, 4) is 0 Å². The van der Waals surface area contributed by atoms with Gasteiger partial charge in [-0.2, -0.15) is 0 Å². The molecule has 0 spiro atoms. The van der Waals surface area contributed by atoms with E-state index in [1.54, 1.807) is 35.2 Å². The fourth-order valence-corrected chi connectivity index (χ4v) is 3.97. The number of nitrogens with zero attached hydrogens (tertiary/aromatic N) is 4. The highest BCUT2D eigenvalue weighted by molar-refractivity contribution is 6.08. The molecule has 174 valence electrons. The minimum Gasteiger partial charge on any atom is -0.385 e. The lowest BCUT2D eigenvalue weighted by Crippen LogP contribution is -2.50. The zero-order valence-corrected chi connectivity index (χ0v) is 18.9. The van der Waals surface area contributed by atoms with Gasteiger partial charge in [0.25, 0.3) is 5.91 Å². The Kier molecular flexibility index (Phi) is 7.07. The highest BCUT2D eigenvalue weighted by Gasteiger charge is 2.24. The van der Waals surface area contributed by atoms with Crippen molar-refractivity contribution in [3.05, 3.63) is 90.9 Å². The molecule has 3 aromatic rings. The standard InChI is InChI=1S/C26H28N6O2/c1-2-3-7-20-11-13-32(25(20)27)19-24(33)31-16-14-30(15-17-31)23-10-5-4-9-22(23)26(34)29-21-8-6-12-28-18-21/h2-13,18H,1,14-17,19,27H2,(H,29,34)/b7-3-. The number of anilines is 3. The minimum absolute atomic E-state index is 0.0174. The third-order valence-electron chi connectivity index (χ3n) is 5.80. The summed E-state index contributed by atoms with van der Waals surface area (Å²) in [7, 11) is 0. The van der Waals surface area contributed by atoms with Crippen molar-refractivity contribution in [3.63, 3.8) is 0 Å². The molecule has 1 aliphatic rings. The first-order valence-electron chi connectivity index (χ1n) is 11.1. The molecule has 1 saturated heterocycles. The first-order chi connectivity index (χ1) is 16.6. The number of piperazine rings is 1. The number of hydrogen-bond acceptors (Lipinski definition) is 5. The second-order valence-electron chi connectivity index (χ2n) is 7.96. The Bertz CT molecular complexity index is 1190. The van der Waals surface area contributed by atoms with Gasteiger partial charge in [0.05, 0.1) is 17.4 Å². The van der Waals surface area contributed by atoms with Crippen LogP contribution in [0.3, 0.4) is 0 Å². The molecule has 0 atom stereocenters. The molecule has 8 nitrogen and oxygen atoms in total. The molecule has 0 radical (unpaired) electrons. The lowest BCUT2D eigenvalue weighted by atomic mass is 10.1. The highest BCUT2D eigenvalue weighted by Crippen LogP contribution is 2.23. The molecule has 2 amide bonds. The van der Waals surface area contributed by atoms with Gasteiger partial charge >= 0.3 is 0 Å². The van der Waals surface area contributed by atoms with Gasteiger partial charge in [-0.3, -0.25) is 14.6 Å². The van der Waals surface area contributed by atoms with Crippen molar-refractivity contribution in [2.75, 3.05) is 42.1 Å². The van der Waals surface area contributed by atoms with Gasteiger partial charge in [-0.05, 0) is 30.3 Å². The van der Waals surface area contributed by atoms with Crippen LogP contribution in [-0.4, -0.2) is 52.4 Å². The van der Waals surface area contributed by atoms with Gasteiger partial charge in [0.1, 0.15) is 12.4 Å². The SMILES string of the molecule is C=C/C=C\c1ccn(CC(=O)N2CCN(c3ccccc3C(=O)Nc3cccnc3)CC2)c1N. The van der Waals surface area contributed by atoms with Gasteiger partial charge < -0.3 is 25.4 Å². The van der Waals surface area contributed by atoms with Gasteiger partial charge in [-0.25, -0.2) is 0 Å². The third kappa shape index (κ3) is 5.17. The average Bonchev–Trinajstić information content (AvgIpc) is 3.22. The van der Waals surface area contributed by atoms with Crippen LogP contribution in [-0.2, 0) is 11.3 Å². The number of nitrogen functional groups attached to an aromatic ring is 1. The minimum atomic E-state index is -0.188. The highest BCUT2D eigenvalue weighted by atomic mass is 16.2. The van der Waals surface area contributed by atoms with Crippen molar-refractivity contribution in [1.29, 1.82) is 0 Å². The fourth-order valence-electron chi connectivity index (χ4n) is 3.97. The van der Waals surface area contributed by atoms with Crippen molar-refractivity contribution >= 4 is 35.1 Å². The summed E-state index contributed by atoms with van der Waals surface area (Å²) < 4.78 is 1.76. The van der Waals surface area contributed by atoms with Crippen LogP contribution >= 0.6 is 0 Å². The van der Waals surface area contributed by atoms with Gasteiger partial charge in [0, 0.05) is 49.8 Å². The Labute approximate surface area is 199 Å². The number of carbonyl (C=O) groups is 2. The number of amides is 2. The van der Waals surface area contributed by atoms with Crippen LogP contribution in [0, 0.1) is 0 Å². The van der Waals surface area contributed by atoms with E-state index in [1.807, 2.05) is 53.6 Å². The molecule has 2 aromatic heterocycles. The monoisotopic (exact) mass is 456 g/mol. The first-order valence-corrected chi connectivity index (χ1v) is 11.1. The van der Waals surface area contributed by atoms with E-state index in [9.17, 15) is 9.59 Å². The summed E-state index contributed by atoms with van der Waals surface area (Å²) in [6.45, 7) is 6.27. The van der Waals surface area contributed by atoms with Crippen molar-refractivity contribution in [1.82, 2.24) is 14.5 Å². The maximum absolute atomic E-state index is 12.9. The van der Waals surface area contributed by atoms with Crippen LogP contribution in [0.2, 0.25) is 0 Å². The van der Waals surface area contributed by atoms with Crippen molar-refractivity contribution in [2.24, 2.45) is 0 Å². The predicted octanol–water partition coefficient (Wildman–Crippen LogP) is 3.27. The van der Waals surface area contributed by atoms with Crippen molar-refractivity contribution < 1.29 is 9.59 Å². The molecule has 0 aliphatic carbocycles. The molecule has 1 aliphatic heterocycles. The number of allylic oxidation sites excluding steroid dienone is 2. The number of para-hydroxylation sites is 1. The van der Waals surface area contributed by atoms with E-state index < -0.39 is 0 Å². The second-order valence-corrected chi connectivity index (χ2v) is 7.96. The molecular formula is C26H28N6O2. The van der Waals surface area contributed by atoms with Gasteiger partial charge in [0.2, 0.25) is 5.91 Å². The summed E-state index contributed by atoms with van der Waals surface area (Å²) in [6.07, 6.45) is 10.5. The Hall–Kier alpha value is -4.33. The molecule has 1 aromatic carbocycles. The Morgan fingerprint density at radius 2 is 1.88 bits per heavy atom. The number of nitrogens with two attached hydrogens (primary N) is 1. The van der Waals surface area contributed by atoms with E-state index in [1.165, 1.54) is 0 Å². The number of benzene rings is 1. The molecule has 0 saturated carbocycles. The zero-order valence-electron chi connectivity index (χ0n) is 18.9. The van der Waals surface area contributed by atoms with Gasteiger partial charge in [-0.15, -0.1) is 0 Å². The third-order valence-corrected chi connectivity index (χ3v) is 5.80. The van der Waals surface area contributed by atoms with E-state index in [0.717, 1.165) is 11.3 Å². The summed E-state index contributed by atoms with van der Waals surface area (Å²) >= 11 is 0. The molecule has 1 fully saturated rings. The molecule has 4 rings (SSSR count). The van der Waals surface area contributed by atoms with E-state index in [4.69, 9.17) is 5.73 Å². The van der Waals surface area contributed by atoms with E-state index in [2.05, 4.69) is 21.8 Å². The van der Waals surface area contributed by atoms with E-state index in [-0.39, 0.29) is 18.4 Å². The molecule has 8 heteroatoms. The average molecular weight is 457 g/mol. The number of nitrogens with one attached hydrogen (secondary N) is 1. The maximum atomic E-state index is 12.9. The second kappa shape index (κ2) is 10.5. The predicted molar refractivity (Wildman–Crippen MR) is 136 cm³/mol. The largest absolute Gasteiger partial charge is 0.385 e. The number of aromatic nitrogens is 2. The van der Waals surface area contributed by atoms with Crippen LogP contribution in [0.4, 0.5) is 17.2 Å². The molecule has 3 N–H and O–H groups in total. The smallest absolute Gasteiger partial charge is 0.257 e. The molecular weight excluding hydrogens is 428 g/mol. The Morgan fingerprint density at radius 1 is 1.09 bits per heavy atom. The maximum Gasteiger partial charge on any atom is 0.257 e. The van der Waals surface area contributed by atoms with Crippen LogP contribution in [0.25, 0.3) is 6.08 Å². The van der Waals surface area contributed by atoms with Gasteiger partial charge in [0.15, 0.2) is 0 Å². The van der Waals surface area contributed by atoms with E-state index >= 15 is 0 Å². The van der Waals surface area contributed by atoms with Crippen LogP contribution in [0.1, 0.15) is 15.9 Å². The summed E-state index contributed by atoms with van der Waals surface area (Å²) in [5.41, 5.74) is 9.12. The number of pyridine rings is 1. The van der Waals surface area contributed by atoms with Gasteiger partial charge in [-0.1, -0.05) is 36.9 Å². The van der Waals surface area contributed by atoms with Crippen LogP contribution in [0.15, 0.2) is 79.8 Å². The van der Waals surface area contributed by atoms with Crippen LogP contribution in [0.5, 0.6) is 0 Å². The lowest BCUT2D eigenvalue weighted by molar-refractivity contribution is -0.132. The summed E-state index contributed by atoms with van der Waals surface area (Å²) in [5, 5.41) is 2.89. The zero-order chi connectivity index (χ0) is 23.9. The Balaban J connectivity index is 1.38. The number of rotatable bonds is 7. The van der Waals surface area contributed by atoms with Crippen LogP contribution < -0.4 is 16.0 Å². The Morgan fingerprint density at radius 3 is 2.62 bits per heavy atom. The summed E-state index contributed by atoms with van der Waals surface area (Å²) in [6, 6.07) is 13.0. The summed E-state index contributed by atoms with van der Waals surface area (Å²) in [4.78, 5) is 33.8. The fraction of sp³-hybridized carbons (Fsp3) is 0.192. The molecule has 0 bridgehead atoms. The molecule has 34 heavy (non-hydrogen) atoms. The first kappa shape index (κ1) is 22.8. The normalized spacial score (nSPS) is 13.8. The number of hydrogen-bond donors (Lipinski definition) is 2.